The molecule has 0 fully saturated rings. The summed E-state index contributed by atoms with van der Waals surface area (Å²) in [7, 11) is 0. The van der Waals surface area contributed by atoms with E-state index < -0.39 is 0 Å². The summed E-state index contributed by atoms with van der Waals surface area (Å²) in [6, 6.07) is 9.50. The number of hydrogen-bond acceptors (Lipinski definition) is 4. The van der Waals surface area contributed by atoms with E-state index in [1.54, 1.807) is 30.3 Å². The van der Waals surface area contributed by atoms with E-state index in [4.69, 9.17) is 0 Å². The van der Waals surface area contributed by atoms with Crippen LogP contribution in [0.2, 0.25) is 0 Å². The van der Waals surface area contributed by atoms with Gasteiger partial charge in [-0.15, -0.1) is 0 Å². The van der Waals surface area contributed by atoms with Gasteiger partial charge in [0.05, 0.1) is 0 Å². The second-order valence-electron chi connectivity index (χ2n) is 3.91. The second-order valence-corrected chi connectivity index (χ2v) is 6.07. The average molecular weight is 306 g/mol. The SMILES string of the molecule is Oc1cc(O)cc(-c2nc3ccc(O)cc3[se]2)c1. The maximum absolute atomic E-state index is 9.47. The third kappa shape index (κ3) is 1.94. The summed E-state index contributed by atoms with van der Waals surface area (Å²) in [5.74, 6) is 0.260. The summed E-state index contributed by atoms with van der Waals surface area (Å²) in [6.07, 6.45) is 0. The normalized spacial score (nSPS) is 10.9. The molecule has 0 atom stereocenters. The van der Waals surface area contributed by atoms with E-state index in [2.05, 4.69) is 4.98 Å². The molecule has 2 aromatic carbocycles. The molecule has 0 aliphatic carbocycles. The molecule has 0 bridgehead atoms. The fourth-order valence-corrected chi connectivity index (χ4v) is 3.82. The summed E-state index contributed by atoms with van der Waals surface area (Å²) >= 11 is -0.0334. The van der Waals surface area contributed by atoms with Crippen molar-refractivity contribution >= 4 is 24.3 Å². The van der Waals surface area contributed by atoms with Crippen molar-refractivity contribution in [3.8, 4) is 27.4 Å². The molecule has 3 aromatic rings. The molecule has 0 amide bonds. The van der Waals surface area contributed by atoms with Crippen molar-refractivity contribution in [2.45, 2.75) is 0 Å². The van der Waals surface area contributed by atoms with Crippen LogP contribution in [0.1, 0.15) is 0 Å². The van der Waals surface area contributed by atoms with Crippen molar-refractivity contribution in [3.63, 3.8) is 0 Å². The molecule has 3 rings (SSSR count). The molecule has 18 heavy (non-hydrogen) atoms. The van der Waals surface area contributed by atoms with Gasteiger partial charge in [-0.1, -0.05) is 0 Å². The number of phenols is 3. The van der Waals surface area contributed by atoms with Crippen molar-refractivity contribution in [2.75, 3.05) is 0 Å². The minimum absolute atomic E-state index is 0.0160. The zero-order valence-corrected chi connectivity index (χ0v) is 10.9. The first kappa shape index (κ1) is 11.1. The molecule has 90 valence electrons. The Labute approximate surface area is 109 Å². The van der Waals surface area contributed by atoms with Gasteiger partial charge < -0.3 is 0 Å². The topological polar surface area (TPSA) is 73.6 Å². The van der Waals surface area contributed by atoms with E-state index in [0.717, 1.165) is 14.3 Å². The third-order valence-electron chi connectivity index (χ3n) is 2.52. The Morgan fingerprint density at radius 3 is 2.28 bits per heavy atom. The Balaban J connectivity index is 2.19. The molecule has 4 nitrogen and oxygen atoms in total. The second kappa shape index (κ2) is 4.05. The number of nitrogens with zero attached hydrogens (tertiary/aromatic N) is 1. The maximum atomic E-state index is 9.47. The predicted octanol–water partition coefficient (Wildman–Crippen LogP) is 2.08. The van der Waals surface area contributed by atoms with E-state index in [1.807, 2.05) is 0 Å². The molecule has 0 aliphatic heterocycles. The summed E-state index contributed by atoms with van der Waals surface area (Å²) in [5.41, 5.74) is 1.55. The van der Waals surface area contributed by atoms with E-state index in [9.17, 15) is 15.3 Å². The van der Waals surface area contributed by atoms with Crippen molar-refractivity contribution in [1.29, 1.82) is 0 Å². The number of rotatable bonds is 1. The van der Waals surface area contributed by atoms with Gasteiger partial charge in [-0.3, -0.25) is 0 Å². The standard InChI is InChI=1S/C13H9NO3Se/c15-8-1-2-11-12(6-8)18-13(14-11)7-3-9(16)5-10(17)4-7/h1-6,15-17H. The van der Waals surface area contributed by atoms with Gasteiger partial charge in [-0.25, -0.2) is 0 Å². The molecule has 3 N–H and O–H groups in total. The van der Waals surface area contributed by atoms with Crippen LogP contribution in [0.4, 0.5) is 0 Å². The number of hydrogen-bond donors (Lipinski definition) is 3. The van der Waals surface area contributed by atoms with Crippen LogP contribution in [0.25, 0.3) is 19.9 Å². The van der Waals surface area contributed by atoms with Crippen LogP contribution in [0, 0.1) is 0 Å². The molecule has 0 spiro atoms. The summed E-state index contributed by atoms with van der Waals surface area (Å²) < 4.78 is 1.83. The van der Waals surface area contributed by atoms with Crippen molar-refractivity contribution in [2.24, 2.45) is 0 Å². The molecular weight excluding hydrogens is 297 g/mol. The molecule has 0 radical (unpaired) electrons. The van der Waals surface area contributed by atoms with Crippen LogP contribution in [0.15, 0.2) is 36.4 Å². The van der Waals surface area contributed by atoms with Crippen LogP contribution in [0.5, 0.6) is 17.2 Å². The van der Waals surface area contributed by atoms with Gasteiger partial charge in [-0.2, -0.15) is 0 Å². The van der Waals surface area contributed by atoms with Gasteiger partial charge in [0.1, 0.15) is 0 Å². The van der Waals surface area contributed by atoms with E-state index in [-0.39, 0.29) is 31.8 Å². The fourth-order valence-electron chi connectivity index (χ4n) is 1.76. The molecule has 0 saturated carbocycles. The van der Waals surface area contributed by atoms with Crippen LogP contribution < -0.4 is 0 Å². The first-order valence-electron chi connectivity index (χ1n) is 5.25. The molecule has 0 aliphatic rings. The number of aromatic nitrogens is 1. The van der Waals surface area contributed by atoms with E-state index >= 15 is 0 Å². The van der Waals surface area contributed by atoms with Gasteiger partial charge in [0.15, 0.2) is 0 Å². The number of benzene rings is 2. The average Bonchev–Trinajstić information content (AvgIpc) is 2.70. The van der Waals surface area contributed by atoms with Crippen molar-refractivity contribution < 1.29 is 15.3 Å². The summed E-state index contributed by atoms with van der Waals surface area (Å²) in [6.45, 7) is 0. The van der Waals surface area contributed by atoms with Gasteiger partial charge in [-0.05, 0) is 0 Å². The fraction of sp³-hybridized carbons (Fsp3) is 0. The first-order chi connectivity index (χ1) is 8.61. The number of aromatic hydroxyl groups is 3. The van der Waals surface area contributed by atoms with Gasteiger partial charge in [0.2, 0.25) is 0 Å². The van der Waals surface area contributed by atoms with Crippen molar-refractivity contribution in [3.05, 3.63) is 36.4 Å². The molecule has 0 saturated heterocycles. The minimum atomic E-state index is -0.0334. The Bertz CT molecular complexity index is 716. The van der Waals surface area contributed by atoms with Crippen LogP contribution >= 0.6 is 0 Å². The molecule has 1 aromatic heterocycles. The van der Waals surface area contributed by atoms with Crippen molar-refractivity contribution in [1.82, 2.24) is 4.98 Å². The Kier molecular flexibility index (Phi) is 2.51. The van der Waals surface area contributed by atoms with Crippen LogP contribution in [-0.2, 0) is 0 Å². The van der Waals surface area contributed by atoms with Gasteiger partial charge in [0, 0.05) is 0 Å². The van der Waals surface area contributed by atoms with Crippen LogP contribution in [-0.4, -0.2) is 34.8 Å². The van der Waals surface area contributed by atoms with E-state index in [1.165, 1.54) is 6.07 Å². The zero-order valence-electron chi connectivity index (χ0n) is 9.16. The Morgan fingerprint density at radius 2 is 1.56 bits per heavy atom. The molecule has 0 unspecified atom stereocenters. The van der Waals surface area contributed by atoms with E-state index in [0.29, 0.717) is 5.56 Å². The molecular formula is C13H9NO3Se. The summed E-state index contributed by atoms with van der Waals surface area (Å²) in [4.78, 5) is 4.46. The number of fused-ring (bicyclic) bond motifs is 1. The summed E-state index contributed by atoms with van der Waals surface area (Å²) in [5, 5.41) is 28.4. The van der Waals surface area contributed by atoms with Gasteiger partial charge in [0.25, 0.3) is 0 Å². The third-order valence-corrected chi connectivity index (χ3v) is 4.76. The van der Waals surface area contributed by atoms with Crippen LogP contribution in [0.3, 0.4) is 0 Å². The van der Waals surface area contributed by atoms with Gasteiger partial charge >= 0.3 is 108 Å². The Hall–Kier alpha value is -1.97. The molecule has 5 heteroatoms. The molecule has 1 heterocycles. The quantitative estimate of drug-likeness (QED) is 0.602. The Morgan fingerprint density at radius 1 is 0.833 bits per heavy atom. The monoisotopic (exact) mass is 307 g/mol. The predicted molar refractivity (Wildman–Crippen MR) is 69.1 cm³/mol. The first-order valence-corrected chi connectivity index (χ1v) is 6.96. The zero-order chi connectivity index (χ0) is 12.7. The number of phenolic OH excluding ortho intramolecular Hbond substituents is 3.